The van der Waals surface area contributed by atoms with Crippen molar-refractivity contribution >= 4 is 33.0 Å². The van der Waals surface area contributed by atoms with Gasteiger partial charge in [0.2, 0.25) is 5.91 Å². The van der Waals surface area contributed by atoms with Gasteiger partial charge in [0.25, 0.3) is 5.91 Å². The Labute approximate surface area is 158 Å². The lowest BCUT2D eigenvalue weighted by Gasteiger charge is -2.18. The number of nitrogens with one attached hydrogen (secondary N) is 1. The average Bonchev–Trinajstić information content (AvgIpc) is 3.40. The molecule has 0 bridgehead atoms. The van der Waals surface area contributed by atoms with Gasteiger partial charge in [0.1, 0.15) is 0 Å². The zero-order valence-electron chi connectivity index (χ0n) is 14.9. The van der Waals surface area contributed by atoms with Crippen LogP contribution in [0.2, 0.25) is 0 Å². The number of fused-ring (bicyclic) bond motifs is 1. The van der Waals surface area contributed by atoms with E-state index in [1.54, 1.807) is 12.1 Å². The first-order valence-electron chi connectivity index (χ1n) is 8.89. The van der Waals surface area contributed by atoms with Crippen LogP contribution in [0.1, 0.15) is 28.8 Å². The number of amides is 2. The van der Waals surface area contributed by atoms with Crippen LogP contribution in [0.15, 0.2) is 47.4 Å². The van der Waals surface area contributed by atoms with Gasteiger partial charge in [0.15, 0.2) is 9.84 Å². The normalized spacial score (nSPS) is 16.1. The van der Waals surface area contributed by atoms with Crippen LogP contribution in [0.3, 0.4) is 0 Å². The highest BCUT2D eigenvalue weighted by Crippen LogP contribution is 2.37. The number of sulfone groups is 1. The second-order valence-electron chi connectivity index (χ2n) is 7.11. The topological polar surface area (TPSA) is 83.6 Å². The summed E-state index contributed by atoms with van der Waals surface area (Å²) in [5.74, 6) is -0.0791. The van der Waals surface area contributed by atoms with Crippen molar-refractivity contribution in [3.63, 3.8) is 0 Å². The smallest absolute Gasteiger partial charge is 0.255 e. The van der Waals surface area contributed by atoms with Crippen LogP contribution in [0.4, 0.5) is 11.4 Å². The highest BCUT2D eigenvalue weighted by atomic mass is 32.2. The number of hydrogen-bond acceptors (Lipinski definition) is 4. The molecule has 0 unspecified atom stereocenters. The third-order valence-corrected chi connectivity index (χ3v) is 6.07. The van der Waals surface area contributed by atoms with Crippen molar-refractivity contribution in [3.8, 4) is 0 Å². The Bertz CT molecular complexity index is 1040. The molecule has 2 aromatic carbocycles. The summed E-state index contributed by atoms with van der Waals surface area (Å²) in [6.45, 7) is 0.679. The molecule has 140 valence electrons. The predicted molar refractivity (Wildman–Crippen MR) is 103 cm³/mol. The Hall–Kier alpha value is -2.67. The summed E-state index contributed by atoms with van der Waals surface area (Å²) in [4.78, 5) is 26.9. The summed E-state index contributed by atoms with van der Waals surface area (Å²) >= 11 is 0. The monoisotopic (exact) mass is 384 g/mol. The molecule has 0 radical (unpaired) electrons. The molecule has 1 N–H and O–H groups in total. The largest absolute Gasteiger partial charge is 0.322 e. The first kappa shape index (κ1) is 17.7. The van der Waals surface area contributed by atoms with Crippen molar-refractivity contribution in [2.24, 2.45) is 5.92 Å². The van der Waals surface area contributed by atoms with Gasteiger partial charge in [0, 0.05) is 35.7 Å². The van der Waals surface area contributed by atoms with Crippen LogP contribution in [0.25, 0.3) is 0 Å². The van der Waals surface area contributed by atoms with Gasteiger partial charge in [-0.1, -0.05) is 12.1 Å². The third-order valence-electron chi connectivity index (χ3n) is 4.96. The molecular formula is C20H20N2O4S. The Morgan fingerprint density at radius 2 is 1.89 bits per heavy atom. The highest BCUT2D eigenvalue weighted by molar-refractivity contribution is 7.90. The van der Waals surface area contributed by atoms with E-state index in [9.17, 15) is 18.0 Å². The molecule has 1 saturated carbocycles. The maximum Gasteiger partial charge on any atom is 0.255 e. The van der Waals surface area contributed by atoms with Crippen molar-refractivity contribution in [2.75, 3.05) is 23.0 Å². The molecule has 7 heteroatoms. The number of rotatable bonds is 4. The van der Waals surface area contributed by atoms with Gasteiger partial charge in [-0.25, -0.2) is 8.42 Å². The molecule has 2 aromatic rings. The Kier molecular flexibility index (Phi) is 4.26. The predicted octanol–water partition coefficient (Wildman–Crippen LogP) is 2.64. The van der Waals surface area contributed by atoms with E-state index in [1.165, 1.54) is 12.1 Å². The van der Waals surface area contributed by atoms with Crippen LogP contribution >= 0.6 is 0 Å². The van der Waals surface area contributed by atoms with E-state index in [1.807, 2.05) is 23.1 Å². The lowest BCUT2D eigenvalue weighted by atomic mass is 10.1. The molecule has 0 aromatic heterocycles. The quantitative estimate of drug-likeness (QED) is 0.878. The number of benzene rings is 2. The van der Waals surface area contributed by atoms with Gasteiger partial charge in [-0.2, -0.15) is 0 Å². The molecule has 4 rings (SSSR count). The molecule has 0 saturated heterocycles. The molecule has 2 aliphatic rings. The number of anilines is 2. The lowest BCUT2D eigenvalue weighted by molar-refractivity contribution is -0.119. The van der Waals surface area contributed by atoms with Gasteiger partial charge in [-0.3, -0.25) is 9.59 Å². The fourth-order valence-corrected chi connectivity index (χ4v) is 3.97. The fourth-order valence-electron chi connectivity index (χ4n) is 3.31. The average molecular weight is 384 g/mol. The van der Waals surface area contributed by atoms with E-state index in [4.69, 9.17) is 0 Å². The third kappa shape index (κ3) is 3.60. The zero-order chi connectivity index (χ0) is 19.2. The van der Waals surface area contributed by atoms with Crippen LogP contribution in [-0.4, -0.2) is 33.0 Å². The molecule has 2 amide bonds. The van der Waals surface area contributed by atoms with Gasteiger partial charge < -0.3 is 10.2 Å². The second-order valence-corrected chi connectivity index (χ2v) is 9.13. The fraction of sp³-hybridized carbons (Fsp3) is 0.300. The summed E-state index contributed by atoms with van der Waals surface area (Å²) in [6, 6.07) is 11.5. The molecule has 6 nitrogen and oxygen atoms in total. The van der Waals surface area contributed by atoms with Crippen LogP contribution in [-0.2, 0) is 21.1 Å². The Morgan fingerprint density at radius 3 is 2.59 bits per heavy atom. The van der Waals surface area contributed by atoms with Crippen molar-refractivity contribution in [1.29, 1.82) is 0 Å². The first-order chi connectivity index (χ1) is 12.8. The van der Waals surface area contributed by atoms with E-state index >= 15 is 0 Å². The summed E-state index contributed by atoms with van der Waals surface area (Å²) in [7, 11) is -3.38. The van der Waals surface area contributed by atoms with Crippen LogP contribution in [0, 0.1) is 5.92 Å². The van der Waals surface area contributed by atoms with E-state index in [-0.39, 0.29) is 22.3 Å². The maximum absolute atomic E-state index is 12.5. The van der Waals surface area contributed by atoms with Crippen molar-refractivity contribution in [1.82, 2.24) is 0 Å². The molecular weight excluding hydrogens is 364 g/mol. The number of nitrogens with zero attached hydrogens (tertiary/aromatic N) is 1. The van der Waals surface area contributed by atoms with E-state index in [0.717, 1.165) is 36.8 Å². The van der Waals surface area contributed by atoms with Gasteiger partial charge >= 0.3 is 0 Å². The molecule has 1 aliphatic carbocycles. The zero-order valence-corrected chi connectivity index (χ0v) is 15.8. The standard InChI is InChI=1S/C20H20N2O4S/c1-27(25,26)17-4-2-3-15(11-17)19(23)21-16-8-7-13-9-10-22(18(13)12-16)20(24)14-5-6-14/h2-4,7-8,11-12,14H,5-6,9-10H2,1H3,(H,21,23). The highest BCUT2D eigenvalue weighted by Gasteiger charge is 2.36. The Morgan fingerprint density at radius 1 is 1.11 bits per heavy atom. The maximum atomic E-state index is 12.5. The summed E-state index contributed by atoms with van der Waals surface area (Å²) in [6.07, 6.45) is 3.84. The second kappa shape index (κ2) is 6.49. The molecule has 0 spiro atoms. The first-order valence-corrected chi connectivity index (χ1v) is 10.8. The van der Waals surface area contributed by atoms with Gasteiger partial charge in [-0.15, -0.1) is 0 Å². The van der Waals surface area contributed by atoms with E-state index in [0.29, 0.717) is 12.2 Å². The van der Waals surface area contributed by atoms with Crippen molar-refractivity contribution < 1.29 is 18.0 Å². The minimum Gasteiger partial charge on any atom is -0.322 e. The van der Waals surface area contributed by atoms with E-state index < -0.39 is 15.7 Å². The molecule has 27 heavy (non-hydrogen) atoms. The molecule has 1 fully saturated rings. The van der Waals surface area contributed by atoms with Crippen LogP contribution in [0.5, 0.6) is 0 Å². The van der Waals surface area contributed by atoms with E-state index in [2.05, 4.69) is 5.32 Å². The minimum absolute atomic E-state index is 0.102. The summed E-state index contributed by atoms with van der Waals surface area (Å²) < 4.78 is 23.4. The van der Waals surface area contributed by atoms with Crippen molar-refractivity contribution in [3.05, 3.63) is 53.6 Å². The number of carbonyl (C=O) groups excluding carboxylic acids is 2. The molecule has 1 aliphatic heterocycles. The molecule has 0 atom stereocenters. The van der Waals surface area contributed by atoms with Crippen molar-refractivity contribution in [2.45, 2.75) is 24.2 Å². The van der Waals surface area contributed by atoms with Gasteiger partial charge in [-0.05, 0) is 55.2 Å². The number of hydrogen-bond donors (Lipinski definition) is 1. The summed E-state index contributed by atoms with van der Waals surface area (Å²) in [5, 5.41) is 2.80. The Balaban J connectivity index is 1.56. The van der Waals surface area contributed by atoms with Gasteiger partial charge in [0.05, 0.1) is 4.90 Å². The SMILES string of the molecule is CS(=O)(=O)c1cccc(C(=O)Nc2ccc3c(c2)N(C(=O)C2CC2)CC3)c1. The molecule has 1 heterocycles. The van der Waals surface area contributed by atoms with Crippen LogP contribution < -0.4 is 10.2 Å². The summed E-state index contributed by atoms with van der Waals surface area (Å²) in [5.41, 5.74) is 2.80. The lowest BCUT2D eigenvalue weighted by Crippen LogP contribution is -2.30. The minimum atomic E-state index is -3.38. The number of carbonyl (C=O) groups is 2.